The molecule has 2 N–H and O–H groups in total. The van der Waals surface area contributed by atoms with Crippen LogP contribution in [0.2, 0.25) is 0 Å². The summed E-state index contributed by atoms with van der Waals surface area (Å²) < 4.78 is 5.81. The van der Waals surface area contributed by atoms with E-state index in [1.165, 1.54) is 6.42 Å². The minimum Gasteiger partial charge on any atom is -0.396 e. The monoisotopic (exact) mass is 237 g/mol. The predicted molar refractivity (Wildman–Crippen MR) is 66.7 cm³/mol. The summed E-state index contributed by atoms with van der Waals surface area (Å²) in [5.41, 5.74) is 0.256. The van der Waals surface area contributed by atoms with Crippen molar-refractivity contribution in [3.05, 3.63) is 12.2 Å². The van der Waals surface area contributed by atoms with Crippen LogP contribution >= 0.6 is 0 Å². The Morgan fingerprint density at radius 1 is 1.41 bits per heavy atom. The van der Waals surface area contributed by atoms with Gasteiger partial charge in [0.25, 0.3) is 0 Å². The van der Waals surface area contributed by atoms with Crippen LogP contribution in [0.3, 0.4) is 0 Å². The van der Waals surface area contributed by atoms with Crippen molar-refractivity contribution in [2.75, 3.05) is 13.2 Å². The van der Waals surface area contributed by atoms with Gasteiger partial charge in [-0.25, -0.2) is 0 Å². The van der Waals surface area contributed by atoms with E-state index in [0.717, 1.165) is 13.0 Å². The highest BCUT2D eigenvalue weighted by atomic mass is 16.5. The molecule has 0 aromatic rings. The van der Waals surface area contributed by atoms with Crippen LogP contribution in [-0.4, -0.2) is 36.5 Å². The first-order chi connectivity index (χ1) is 8.13. The average Bonchev–Trinajstić information content (AvgIpc) is 2.93. The molecule has 5 atom stereocenters. The number of hydrogen-bond donors (Lipinski definition) is 2. The summed E-state index contributed by atoms with van der Waals surface area (Å²) in [6, 6.07) is 1.01. The van der Waals surface area contributed by atoms with Gasteiger partial charge in [-0.1, -0.05) is 26.0 Å². The summed E-state index contributed by atoms with van der Waals surface area (Å²) in [6.45, 7) is 5.81. The van der Waals surface area contributed by atoms with Crippen LogP contribution < -0.4 is 5.32 Å². The van der Waals surface area contributed by atoms with Crippen LogP contribution in [0.5, 0.6) is 0 Å². The molecule has 1 saturated carbocycles. The van der Waals surface area contributed by atoms with Crippen molar-refractivity contribution in [3.63, 3.8) is 0 Å². The van der Waals surface area contributed by atoms with Gasteiger partial charge < -0.3 is 15.2 Å². The van der Waals surface area contributed by atoms with E-state index in [2.05, 4.69) is 31.3 Å². The van der Waals surface area contributed by atoms with Gasteiger partial charge in [0.05, 0.1) is 6.10 Å². The van der Waals surface area contributed by atoms with Gasteiger partial charge >= 0.3 is 0 Å². The van der Waals surface area contributed by atoms with Crippen LogP contribution in [0, 0.1) is 17.3 Å². The van der Waals surface area contributed by atoms with E-state index in [-0.39, 0.29) is 12.0 Å². The summed E-state index contributed by atoms with van der Waals surface area (Å²) in [6.07, 6.45) is 7.07. The standard InChI is InChI=1S/C14H23NO2/c1-14(2)12(11-5-6-17-13(11)14)15-10-4-3-9(7-10)8-16/h3-4,9-13,15-16H,5-8H2,1-2H3/t9-,10+,11?,12?,13?/m0/s1. The van der Waals surface area contributed by atoms with Gasteiger partial charge in [0.15, 0.2) is 0 Å². The normalized spacial score (nSPS) is 46.9. The van der Waals surface area contributed by atoms with E-state index in [9.17, 15) is 0 Å². The molecule has 0 aromatic carbocycles. The number of hydrogen-bond acceptors (Lipinski definition) is 3. The number of aliphatic hydroxyl groups is 1. The fraction of sp³-hybridized carbons (Fsp3) is 0.857. The van der Waals surface area contributed by atoms with E-state index in [1.807, 2.05) is 0 Å². The van der Waals surface area contributed by atoms with E-state index in [4.69, 9.17) is 9.84 Å². The fourth-order valence-electron chi connectivity index (χ4n) is 3.93. The number of nitrogens with one attached hydrogen (secondary N) is 1. The van der Waals surface area contributed by atoms with Crippen molar-refractivity contribution < 1.29 is 9.84 Å². The molecule has 3 heteroatoms. The molecule has 3 nitrogen and oxygen atoms in total. The second-order valence-electron chi connectivity index (χ2n) is 6.38. The molecule has 1 heterocycles. The second-order valence-corrected chi connectivity index (χ2v) is 6.38. The highest BCUT2D eigenvalue weighted by molar-refractivity contribution is 5.15. The lowest BCUT2D eigenvalue weighted by Gasteiger charge is -2.55. The zero-order valence-corrected chi connectivity index (χ0v) is 10.7. The number of rotatable bonds is 3. The molecule has 1 aliphatic heterocycles. The van der Waals surface area contributed by atoms with Crippen molar-refractivity contribution in [3.8, 4) is 0 Å². The number of fused-ring (bicyclic) bond motifs is 1. The van der Waals surface area contributed by atoms with Crippen molar-refractivity contribution in [1.82, 2.24) is 5.32 Å². The highest BCUT2D eigenvalue weighted by Gasteiger charge is 2.59. The van der Waals surface area contributed by atoms with Crippen LogP contribution in [0.15, 0.2) is 12.2 Å². The zero-order valence-electron chi connectivity index (χ0n) is 10.7. The molecule has 17 heavy (non-hydrogen) atoms. The third-order valence-electron chi connectivity index (χ3n) is 4.90. The molecule has 0 radical (unpaired) electrons. The molecule has 0 bridgehead atoms. The third kappa shape index (κ3) is 1.76. The van der Waals surface area contributed by atoms with Gasteiger partial charge in [0.1, 0.15) is 0 Å². The Hall–Kier alpha value is -0.380. The topological polar surface area (TPSA) is 41.5 Å². The predicted octanol–water partition coefficient (Wildman–Crippen LogP) is 1.33. The van der Waals surface area contributed by atoms with Crippen LogP contribution in [0.4, 0.5) is 0 Å². The minimum atomic E-state index is 0.256. The maximum absolute atomic E-state index is 9.14. The summed E-state index contributed by atoms with van der Waals surface area (Å²) in [7, 11) is 0. The molecular formula is C14H23NO2. The summed E-state index contributed by atoms with van der Waals surface area (Å²) in [5, 5.41) is 12.9. The highest BCUT2D eigenvalue weighted by Crippen LogP contribution is 2.52. The molecular weight excluding hydrogens is 214 g/mol. The maximum atomic E-state index is 9.14. The molecule has 2 aliphatic carbocycles. The number of ether oxygens (including phenoxy) is 1. The fourth-order valence-corrected chi connectivity index (χ4v) is 3.93. The Labute approximate surface area is 103 Å². The van der Waals surface area contributed by atoms with Crippen molar-refractivity contribution >= 4 is 0 Å². The first-order valence-corrected chi connectivity index (χ1v) is 6.79. The lowest BCUT2D eigenvalue weighted by molar-refractivity contribution is -0.114. The van der Waals surface area contributed by atoms with Crippen LogP contribution in [0.25, 0.3) is 0 Å². The quantitative estimate of drug-likeness (QED) is 0.728. The third-order valence-corrected chi connectivity index (χ3v) is 4.90. The van der Waals surface area contributed by atoms with Gasteiger partial charge in [0.2, 0.25) is 0 Å². The first kappa shape index (κ1) is 11.7. The average molecular weight is 237 g/mol. The zero-order chi connectivity index (χ0) is 12.0. The molecule has 96 valence electrons. The minimum absolute atomic E-state index is 0.256. The van der Waals surface area contributed by atoms with Gasteiger partial charge in [-0.05, 0) is 12.8 Å². The Morgan fingerprint density at radius 2 is 2.24 bits per heavy atom. The van der Waals surface area contributed by atoms with E-state index < -0.39 is 0 Å². The van der Waals surface area contributed by atoms with Crippen molar-refractivity contribution in [2.24, 2.45) is 17.3 Å². The van der Waals surface area contributed by atoms with E-state index in [1.54, 1.807) is 0 Å². The maximum Gasteiger partial charge on any atom is 0.0685 e. The summed E-state index contributed by atoms with van der Waals surface area (Å²) in [4.78, 5) is 0. The summed E-state index contributed by atoms with van der Waals surface area (Å²) >= 11 is 0. The Balaban J connectivity index is 1.61. The molecule has 3 aliphatic rings. The lowest BCUT2D eigenvalue weighted by atomic mass is 9.57. The van der Waals surface area contributed by atoms with E-state index in [0.29, 0.717) is 30.0 Å². The Bertz CT molecular complexity index is 326. The molecule has 0 aromatic heterocycles. The van der Waals surface area contributed by atoms with Crippen molar-refractivity contribution in [2.45, 2.75) is 44.9 Å². The largest absolute Gasteiger partial charge is 0.396 e. The molecule has 3 rings (SSSR count). The molecule has 0 spiro atoms. The van der Waals surface area contributed by atoms with Gasteiger partial charge in [0, 0.05) is 42.5 Å². The second kappa shape index (κ2) is 4.08. The smallest absolute Gasteiger partial charge is 0.0685 e. The van der Waals surface area contributed by atoms with Crippen LogP contribution in [0.1, 0.15) is 26.7 Å². The Morgan fingerprint density at radius 3 is 2.94 bits per heavy atom. The number of aliphatic hydroxyl groups excluding tert-OH is 1. The molecule has 0 amide bonds. The SMILES string of the molecule is CC1(C)C(N[C@@H]2C=C[C@H](CO)C2)C2CCOC21. The molecule has 3 unspecified atom stereocenters. The first-order valence-electron chi connectivity index (χ1n) is 6.79. The van der Waals surface area contributed by atoms with Crippen molar-refractivity contribution in [1.29, 1.82) is 0 Å². The molecule has 2 fully saturated rings. The van der Waals surface area contributed by atoms with Gasteiger partial charge in [-0.15, -0.1) is 0 Å². The summed E-state index contributed by atoms with van der Waals surface area (Å²) in [5.74, 6) is 1.05. The Kier molecular flexibility index (Phi) is 2.80. The molecule has 1 saturated heterocycles. The van der Waals surface area contributed by atoms with Gasteiger partial charge in [-0.2, -0.15) is 0 Å². The van der Waals surface area contributed by atoms with Crippen LogP contribution in [-0.2, 0) is 4.74 Å². The lowest BCUT2D eigenvalue weighted by Crippen LogP contribution is -2.67. The van der Waals surface area contributed by atoms with Gasteiger partial charge in [-0.3, -0.25) is 0 Å². The van der Waals surface area contributed by atoms with E-state index >= 15 is 0 Å².